The van der Waals surface area contributed by atoms with Gasteiger partial charge in [-0.2, -0.15) is 13.2 Å². The van der Waals surface area contributed by atoms with E-state index in [0.717, 1.165) is 37.1 Å². The van der Waals surface area contributed by atoms with Crippen molar-refractivity contribution in [1.82, 2.24) is 20.1 Å². The lowest BCUT2D eigenvalue weighted by Crippen LogP contribution is -2.47. The molecule has 7 nitrogen and oxygen atoms in total. The number of aromatic nitrogens is 3. The zero-order valence-electron chi connectivity index (χ0n) is 23.0. The maximum absolute atomic E-state index is 14.2. The maximum atomic E-state index is 14.2. The number of carbonyl (C=O) groups is 1. The van der Waals surface area contributed by atoms with E-state index in [2.05, 4.69) is 29.4 Å². The van der Waals surface area contributed by atoms with Crippen LogP contribution in [0.3, 0.4) is 0 Å². The number of nitrogens with one attached hydrogen (secondary N) is 1. The molecule has 2 aromatic carbocycles. The van der Waals surface area contributed by atoms with Crippen LogP contribution in [0.2, 0.25) is 0 Å². The first-order valence-electron chi connectivity index (χ1n) is 13.8. The number of nitrogens with zero attached hydrogens (tertiary/aromatic N) is 4. The lowest BCUT2D eigenvalue weighted by molar-refractivity contribution is -0.138. The van der Waals surface area contributed by atoms with Crippen LogP contribution in [0, 0.1) is 5.41 Å². The van der Waals surface area contributed by atoms with E-state index in [1.807, 2.05) is 29.8 Å². The Kier molecular flexibility index (Phi) is 6.53. The van der Waals surface area contributed by atoms with E-state index in [0.29, 0.717) is 24.5 Å². The molecule has 1 aromatic heterocycles. The standard InChI is InChI=1S/C30H34F3N5O2/c1-28(16-40-17-28)13-23(26-36-35-18-37(26)3)20-6-4-7-21(12-20)38-15-24-22(27(38)39)10-19(11-25(24)30(31,32)33)14-34-29(2)8-5-9-29/h4,6-7,10-12,18,23,34H,5,8-9,13-17H2,1-3H3/t23-/m1/s1. The summed E-state index contributed by atoms with van der Waals surface area (Å²) < 4.78 is 50.0. The van der Waals surface area contributed by atoms with Crippen LogP contribution < -0.4 is 10.2 Å². The Labute approximate surface area is 231 Å². The van der Waals surface area contributed by atoms with Gasteiger partial charge in [-0.25, -0.2) is 0 Å². The molecule has 1 N–H and O–H groups in total. The summed E-state index contributed by atoms with van der Waals surface area (Å²) in [7, 11) is 1.89. The van der Waals surface area contributed by atoms with E-state index in [1.54, 1.807) is 18.5 Å². The number of benzene rings is 2. The molecule has 1 atom stereocenters. The predicted octanol–water partition coefficient (Wildman–Crippen LogP) is 5.59. The molecular formula is C30H34F3N5O2. The van der Waals surface area contributed by atoms with Crippen LogP contribution in [-0.2, 0) is 31.1 Å². The molecule has 0 spiro atoms. The molecule has 0 bridgehead atoms. The van der Waals surface area contributed by atoms with Crippen LogP contribution >= 0.6 is 0 Å². The van der Waals surface area contributed by atoms with Crippen molar-refractivity contribution in [3.05, 3.63) is 76.4 Å². The van der Waals surface area contributed by atoms with E-state index in [1.165, 1.54) is 11.0 Å². The molecule has 3 heterocycles. The normalized spacial score (nSPS) is 20.1. The molecule has 0 radical (unpaired) electrons. The van der Waals surface area contributed by atoms with Crippen molar-refractivity contribution < 1.29 is 22.7 Å². The van der Waals surface area contributed by atoms with E-state index >= 15 is 0 Å². The van der Waals surface area contributed by atoms with Crippen molar-refractivity contribution >= 4 is 11.6 Å². The van der Waals surface area contributed by atoms with Crippen molar-refractivity contribution in [2.45, 2.75) is 70.3 Å². The number of carbonyl (C=O) groups excluding carboxylic acids is 1. The number of fused-ring (bicyclic) bond motifs is 1. The van der Waals surface area contributed by atoms with Gasteiger partial charge >= 0.3 is 6.18 Å². The molecule has 212 valence electrons. The molecule has 1 saturated heterocycles. The van der Waals surface area contributed by atoms with E-state index < -0.39 is 17.6 Å². The third kappa shape index (κ3) is 4.92. The predicted molar refractivity (Wildman–Crippen MR) is 144 cm³/mol. The SMILES string of the molecule is Cn1cnnc1[C@H](CC1(C)COC1)c1cccc(N2Cc3c(cc(CNC4(C)CCC4)cc3C(F)(F)F)C2=O)c1. The molecule has 2 aliphatic heterocycles. The van der Waals surface area contributed by atoms with Crippen LogP contribution in [0.4, 0.5) is 18.9 Å². The van der Waals surface area contributed by atoms with Gasteiger partial charge in [0.05, 0.1) is 25.3 Å². The summed E-state index contributed by atoms with van der Waals surface area (Å²) in [6.45, 7) is 5.71. The summed E-state index contributed by atoms with van der Waals surface area (Å²) in [6.07, 6.45) is 0.963. The summed E-state index contributed by atoms with van der Waals surface area (Å²) in [6, 6.07) is 10.3. The third-order valence-electron chi connectivity index (χ3n) is 8.82. The summed E-state index contributed by atoms with van der Waals surface area (Å²) >= 11 is 0. The van der Waals surface area contributed by atoms with Gasteiger partial charge in [0.25, 0.3) is 5.91 Å². The Morgan fingerprint density at radius 2 is 1.93 bits per heavy atom. The largest absolute Gasteiger partial charge is 0.416 e. The minimum Gasteiger partial charge on any atom is -0.380 e. The second kappa shape index (κ2) is 9.69. The topological polar surface area (TPSA) is 72.3 Å². The molecular weight excluding hydrogens is 519 g/mol. The van der Waals surface area contributed by atoms with Crippen molar-refractivity contribution in [2.75, 3.05) is 18.1 Å². The van der Waals surface area contributed by atoms with Gasteiger partial charge in [0.1, 0.15) is 12.2 Å². The van der Waals surface area contributed by atoms with Crippen molar-refractivity contribution in [3.63, 3.8) is 0 Å². The van der Waals surface area contributed by atoms with Crippen LogP contribution in [0.25, 0.3) is 0 Å². The molecule has 0 unspecified atom stereocenters. The average molecular weight is 554 g/mol. The van der Waals surface area contributed by atoms with E-state index in [4.69, 9.17) is 4.74 Å². The second-order valence-electron chi connectivity index (χ2n) is 12.3. The monoisotopic (exact) mass is 553 g/mol. The quantitative estimate of drug-likeness (QED) is 0.394. The highest BCUT2D eigenvalue weighted by molar-refractivity contribution is 6.10. The average Bonchev–Trinajstić information content (AvgIpc) is 3.45. The first-order valence-corrected chi connectivity index (χ1v) is 13.8. The molecule has 1 saturated carbocycles. The number of rotatable bonds is 8. The number of halogens is 3. The zero-order valence-corrected chi connectivity index (χ0v) is 23.0. The van der Waals surface area contributed by atoms with Crippen LogP contribution in [0.1, 0.15) is 83.9 Å². The summed E-state index contributed by atoms with van der Waals surface area (Å²) in [5.74, 6) is 0.264. The van der Waals surface area contributed by atoms with Crippen molar-refractivity contribution in [3.8, 4) is 0 Å². The smallest absolute Gasteiger partial charge is 0.380 e. The van der Waals surface area contributed by atoms with Gasteiger partial charge in [-0.15, -0.1) is 10.2 Å². The molecule has 2 fully saturated rings. The van der Waals surface area contributed by atoms with Gasteiger partial charge in [0, 0.05) is 41.7 Å². The van der Waals surface area contributed by atoms with Gasteiger partial charge < -0.3 is 19.5 Å². The molecule has 3 aliphatic rings. The number of alkyl halides is 3. The summed E-state index contributed by atoms with van der Waals surface area (Å²) in [5.41, 5.74) is 1.31. The van der Waals surface area contributed by atoms with Gasteiger partial charge in [-0.3, -0.25) is 4.79 Å². The van der Waals surface area contributed by atoms with Crippen LogP contribution in [0.5, 0.6) is 0 Å². The highest BCUT2D eigenvalue weighted by Gasteiger charge is 2.42. The second-order valence-corrected chi connectivity index (χ2v) is 12.3. The van der Waals surface area contributed by atoms with Gasteiger partial charge in [0.15, 0.2) is 0 Å². The fourth-order valence-electron chi connectivity index (χ4n) is 6.17. The number of anilines is 1. The molecule has 6 rings (SSSR count). The lowest BCUT2D eigenvalue weighted by atomic mass is 9.76. The Balaban J connectivity index is 1.32. The number of hydrogen-bond acceptors (Lipinski definition) is 5. The lowest BCUT2D eigenvalue weighted by Gasteiger charge is -2.40. The van der Waals surface area contributed by atoms with Gasteiger partial charge in [-0.05, 0) is 73.6 Å². The highest BCUT2D eigenvalue weighted by Crippen LogP contribution is 2.43. The van der Waals surface area contributed by atoms with E-state index in [-0.39, 0.29) is 41.1 Å². The first-order chi connectivity index (χ1) is 18.9. The Bertz CT molecular complexity index is 1440. The van der Waals surface area contributed by atoms with Crippen molar-refractivity contribution in [2.24, 2.45) is 12.5 Å². The Hall–Kier alpha value is -3.24. The minimum absolute atomic E-state index is 0.0189. The number of ether oxygens (including phenoxy) is 1. The first kappa shape index (κ1) is 27.0. The van der Waals surface area contributed by atoms with Crippen molar-refractivity contribution in [1.29, 1.82) is 0 Å². The minimum atomic E-state index is -4.56. The molecule has 40 heavy (non-hydrogen) atoms. The summed E-state index contributed by atoms with van der Waals surface area (Å²) in [5, 5.41) is 11.8. The Morgan fingerprint density at radius 3 is 2.52 bits per heavy atom. The summed E-state index contributed by atoms with van der Waals surface area (Å²) in [4.78, 5) is 15.1. The van der Waals surface area contributed by atoms with Crippen LogP contribution in [-0.4, -0.2) is 39.4 Å². The van der Waals surface area contributed by atoms with Gasteiger partial charge in [0.2, 0.25) is 0 Å². The number of amides is 1. The molecule has 3 aromatic rings. The maximum Gasteiger partial charge on any atom is 0.416 e. The zero-order chi connectivity index (χ0) is 28.3. The Morgan fingerprint density at radius 1 is 1.15 bits per heavy atom. The molecule has 1 amide bonds. The number of aryl methyl sites for hydroxylation is 1. The van der Waals surface area contributed by atoms with Gasteiger partial charge in [-0.1, -0.05) is 19.1 Å². The number of hydrogen-bond donors (Lipinski definition) is 1. The fraction of sp³-hybridized carbons (Fsp3) is 0.500. The van der Waals surface area contributed by atoms with E-state index in [9.17, 15) is 18.0 Å². The third-order valence-corrected chi connectivity index (χ3v) is 8.82. The molecule has 10 heteroatoms. The molecule has 1 aliphatic carbocycles. The van der Waals surface area contributed by atoms with Crippen LogP contribution in [0.15, 0.2) is 42.7 Å². The fourth-order valence-corrected chi connectivity index (χ4v) is 6.17. The highest BCUT2D eigenvalue weighted by atomic mass is 19.4.